The molecule has 0 bridgehead atoms. The lowest BCUT2D eigenvalue weighted by Crippen LogP contribution is -2.28. The Morgan fingerprint density at radius 1 is 1.30 bits per heavy atom. The highest BCUT2D eigenvalue weighted by Gasteiger charge is 2.36. The number of aryl methyl sites for hydroxylation is 1. The Morgan fingerprint density at radius 2 is 2.04 bits per heavy atom. The summed E-state index contributed by atoms with van der Waals surface area (Å²) in [4.78, 5) is 37.0. The molecular formula is C19H18ClN3O4. The van der Waals surface area contributed by atoms with Crippen molar-refractivity contribution in [2.45, 2.75) is 20.3 Å². The van der Waals surface area contributed by atoms with Crippen molar-refractivity contribution in [2.75, 3.05) is 16.8 Å². The minimum Gasteiger partial charge on any atom is -0.326 e. The number of nitro benzene ring substituents is 1. The molecule has 0 aromatic heterocycles. The standard InChI is InChI=1S/C19H18ClN3O4/c1-11-4-3-5-16(12(11)2)22-10-13(8-18(22)24)19(25)21-14-6-7-15(20)17(9-14)23(26)27/h3-7,9,13H,8,10H2,1-2H3,(H,21,25). The van der Waals surface area contributed by atoms with Crippen molar-refractivity contribution in [3.05, 3.63) is 62.7 Å². The van der Waals surface area contributed by atoms with E-state index in [1.807, 2.05) is 32.0 Å². The second-order valence-electron chi connectivity index (χ2n) is 6.54. The number of nitrogens with zero attached hydrogens (tertiary/aromatic N) is 2. The summed E-state index contributed by atoms with van der Waals surface area (Å²) in [5.74, 6) is -1.01. The first kappa shape index (κ1) is 18.8. The lowest BCUT2D eigenvalue weighted by molar-refractivity contribution is -0.384. The predicted molar refractivity (Wildman–Crippen MR) is 103 cm³/mol. The molecule has 1 saturated heterocycles. The highest BCUT2D eigenvalue weighted by molar-refractivity contribution is 6.32. The van der Waals surface area contributed by atoms with E-state index in [1.165, 1.54) is 18.2 Å². The third-order valence-electron chi connectivity index (χ3n) is 4.77. The Bertz CT molecular complexity index is 945. The van der Waals surface area contributed by atoms with E-state index < -0.39 is 10.8 Å². The minimum atomic E-state index is -0.612. The summed E-state index contributed by atoms with van der Waals surface area (Å²) in [6.07, 6.45) is 0.0922. The number of benzene rings is 2. The Labute approximate surface area is 161 Å². The third-order valence-corrected chi connectivity index (χ3v) is 5.09. The summed E-state index contributed by atoms with van der Waals surface area (Å²) in [7, 11) is 0. The van der Waals surface area contributed by atoms with E-state index in [0.29, 0.717) is 0 Å². The quantitative estimate of drug-likeness (QED) is 0.636. The summed E-state index contributed by atoms with van der Waals surface area (Å²) < 4.78 is 0. The molecule has 1 atom stereocenters. The van der Waals surface area contributed by atoms with Gasteiger partial charge in [0, 0.05) is 30.4 Å². The van der Waals surface area contributed by atoms with Crippen LogP contribution in [0.3, 0.4) is 0 Å². The molecule has 8 heteroatoms. The number of carbonyl (C=O) groups is 2. The first-order chi connectivity index (χ1) is 12.8. The average molecular weight is 388 g/mol. The molecule has 0 saturated carbocycles. The van der Waals surface area contributed by atoms with Crippen molar-refractivity contribution < 1.29 is 14.5 Å². The van der Waals surface area contributed by atoms with Crippen molar-refractivity contribution in [2.24, 2.45) is 5.92 Å². The Morgan fingerprint density at radius 3 is 2.74 bits per heavy atom. The fourth-order valence-corrected chi connectivity index (χ4v) is 3.31. The van der Waals surface area contributed by atoms with Gasteiger partial charge < -0.3 is 10.2 Å². The van der Waals surface area contributed by atoms with Gasteiger partial charge in [-0.2, -0.15) is 0 Å². The fraction of sp³-hybridized carbons (Fsp3) is 0.263. The first-order valence-electron chi connectivity index (χ1n) is 8.39. The van der Waals surface area contributed by atoms with E-state index in [2.05, 4.69) is 5.32 Å². The molecular weight excluding hydrogens is 370 g/mol. The number of nitrogens with one attached hydrogen (secondary N) is 1. The molecule has 1 heterocycles. The van der Waals surface area contributed by atoms with Gasteiger partial charge in [-0.3, -0.25) is 19.7 Å². The largest absolute Gasteiger partial charge is 0.326 e. The van der Waals surface area contributed by atoms with Crippen molar-refractivity contribution in [3.63, 3.8) is 0 Å². The number of rotatable bonds is 4. The highest BCUT2D eigenvalue weighted by atomic mass is 35.5. The Balaban J connectivity index is 1.76. The topological polar surface area (TPSA) is 92.6 Å². The maximum absolute atomic E-state index is 12.6. The van der Waals surface area contributed by atoms with Gasteiger partial charge in [-0.15, -0.1) is 0 Å². The Hall–Kier alpha value is -2.93. The van der Waals surface area contributed by atoms with E-state index in [-0.39, 0.29) is 41.2 Å². The lowest BCUT2D eigenvalue weighted by atomic mass is 10.1. The van der Waals surface area contributed by atoms with E-state index in [9.17, 15) is 19.7 Å². The smallest absolute Gasteiger partial charge is 0.289 e. The van der Waals surface area contributed by atoms with Crippen LogP contribution in [0.25, 0.3) is 0 Å². The molecule has 2 amide bonds. The van der Waals surface area contributed by atoms with Crippen molar-refractivity contribution in [3.8, 4) is 0 Å². The molecule has 3 rings (SSSR count). The van der Waals surface area contributed by atoms with Crippen LogP contribution in [0, 0.1) is 29.9 Å². The van der Waals surface area contributed by atoms with E-state index >= 15 is 0 Å². The zero-order valence-corrected chi connectivity index (χ0v) is 15.6. The van der Waals surface area contributed by atoms with Gasteiger partial charge in [0.05, 0.1) is 10.8 Å². The SMILES string of the molecule is Cc1cccc(N2CC(C(=O)Nc3ccc(Cl)c([N+](=O)[O-])c3)CC2=O)c1C. The molecule has 140 valence electrons. The van der Waals surface area contributed by atoms with Crippen LogP contribution in [0.15, 0.2) is 36.4 Å². The van der Waals surface area contributed by atoms with Gasteiger partial charge in [0.2, 0.25) is 11.8 Å². The number of amides is 2. The normalized spacial score (nSPS) is 16.5. The van der Waals surface area contributed by atoms with Crippen LogP contribution in [0.1, 0.15) is 17.5 Å². The molecule has 1 fully saturated rings. The van der Waals surface area contributed by atoms with E-state index in [4.69, 9.17) is 11.6 Å². The number of carbonyl (C=O) groups excluding carboxylic acids is 2. The summed E-state index contributed by atoms with van der Waals surface area (Å²) in [6, 6.07) is 9.77. The molecule has 7 nitrogen and oxygen atoms in total. The van der Waals surface area contributed by atoms with Crippen LogP contribution in [0.2, 0.25) is 5.02 Å². The number of nitro groups is 1. The van der Waals surface area contributed by atoms with Gasteiger partial charge in [-0.05, 0) is 43.2 Å². The molecule has 2 aromatic carbocycles. The number of halogens is 1. The maximum atomic E-state index is 12.6. The van der Waals surface area contributed by atoms with Crippen molar-refractivity contribution in [1.82, 2.24) is 0 Å². The van der Waals surface area contributed by atoms with Gasteiger partial charge in [0.25, 0.3) is 5.69 Å². The molecule has 1 aliphatic heterocycles. The van der Waals surface area contributed by atoms with Crippen molar-refractivity contribution in [1.29, 1.82) is 0 Å². The number of hydrogen-bond donors (Lipinski definition) is 1. The van der Waals surface area contributed by atoms with Gasteiger partial charge >= 0.3 is 0 Å². The minimum absolute atomic E-state index is 0.00450. The molecule has 0 radical (unpaired) electrons. The monoisotopic (exact) mass is 387 g/mol. The third kappa shape index (κ3) is 3.78. The van der Waals surface area contributed by atoms with Crippen LogP contribution < -0.4 is 10.2 Å². The van der Waals surface area contributed by atoms with Crippen LogP contribution in [0.4, 0.5) is 17.1 Å². The number of anilines is 2. The molecule has 0 spiro atoms. The van der Waals surface area contributed by atoms with E-state index in [0.717, 1.165) is 16.8 Å². The fourth-order valence-electron chi connectivity index (χ4n) is 3.12. The average Bonchev–Trinajstić information content (AvgIpc) is 3.00. The molecule has 1 unspecified atom stereocenters. The van der Waals surface area contributed by atoms with Crippen molar-refractivity contribution >= 4 is 40.5 Å². The summed E-state index contributed by atoms with van der Waals surface area (Å²) in [6.45, 7) is 4.18. The molecule has 1 N–H and O–H groups in total. The maximum Gasteiger partial charge on any atom is 0.289 e. The summed E-state index contributed by atoms with van der Waals surface area (Å²) >= 11 is 5.78. The molecule has 0 aliphatic carbocycles. The van der Waals surface area contributed by atoms with Crippen LogP contribution in [-0.2, 0) is 9.59 Å². The first-order valence-corrected chi connectivity index (χ1v) is 8.77. The van der Waals surface area contributed by atoms with Crippen LogP contribution in [0.5, 0.6) is 0 Å². The van der Waals surface area contributed by atoms with Gasteiger partial charge in [0.1, 0.15) is 5.02 Å². The second kappa shape index (κ2) is 7.36. The molecule has 2 aromatic rings. The molecule has 27 heavy (non-hydrogen) atoms. The van der Waals surface area contributed by atoms with Crippen LogP contribution >= 0.6 is 11.6 Å². The van der Waals surface area contributed by atoms with Gasteiger partial charge in [-0.25, -0.2) is 0 Å². The van der Waals surface area contributed by atoms with Gasteiger partial charge in [0.15, 0.2) is 0 Å². The Kier molecular flexibility index (Phi) is 5.14. The number of hydrogen-bond acceptors (Lipinski definition) is 4. The predicted octanol–water partition coefficient (Wildman–Crippen LogP) is 3.86. The summed E-state index contributed by atoms with van der Waals surface area (Å²) in [5.41, 5.74) is 2.86. The van der Waals surface area contributed by atoms with Gasteiger partial charge in [-0.1, -0.05) is 23.7 Å². The molecule has 1 aliphatic rings. The second-order valence-corrected chi connectivity index (χ2v) is 6.94. The summed E-state index contributed by atoms with van der Waals surface area (Å²) in [5, 5.41) is 13.6. The van der Waals surface area contributed by atoms with Crippen LogP contribution in [-0.4, -0.2) is 23.3 Å². The highest BCUT2D eigenvalue weighted by Crippen LogP contribution is 2.31. The van der Waals surface area contributed by atoms with E-state index in [1.54, 1.807) is 4.90 Å². The zero-order chi connectivity index (χ0) is 19.7. The lowest BCUT2D eigenvalue weighted by Gasteiger charge is -2.20. The zero-order valence-electron chi connectivity index (χ0n) is 14.9.